The third-order valence-electron chi connectivity index (χ3n) is 6.38. The molecule has 3 heterocycles. The monoisotopic (exact) mass is 477 g/mol. The predicted molar refractivity (Wildman–Crippen MR) is 131 cm³/mol. The molecular formula is C25H27N5O3S. The minimum absolute atomic E-state index is 0.0929. The molecule has 1 fully saturated rings. The molecule has 1 aromatic heterocycles. The Morgan fingerprint density at radius 1 is 1.09 bits per heavy atom. The number of hydrazine groups is 1. The maximum atomic E-state index is 12.8. The minimum atomic E-state index is -3.70. The number of benzene rings is 2. The van der Waals surface area contributed by atoms with Crippen LogP contribution in [-0.2, 0) is 14.8 Å². The Labute approximate surface area is 199 Å². The van der Waals surface area contributed by atoms with E-state index in [0.29, 0.717) is 5.82 Å². The summed E-state index contributed by atoms with van der Waals surface area (Å²) in [5.74, 6) is 0.182. The van der Waals surface area contributed by atoms with E-state index in [1.807, 2.05) is 31.3 Å². The Bertz CT molecular complexity index is 1350. The van der Waals surface area contributed by atoms with E-state index in [4.69, 9.17) is 0 Å². The summed E-state index contributed by atoms with van der Waals surface area (Å²) in [5.41, 5.74) is 5.84. The summed E-state index contributed by atoms with van der Waals surface area (Å²) in [6.07, 6.45) is 5.01. The fourth-order valence-electron chi connectivity index (χ4n) is 4.34. The highest BCUT2D eigenvalue weighted by molar-refractivity contribution is 7.89. The number of fused-ring (bicyclic) bond motifs is 1. The highest BCUT2D eigenvalue weighted by Crippen LogP contribution is 2.26. The van der Waals surface area contributed by atoms with E-state index < -0.39 is 10.0 Å². The third-order valence-corrected chi connectivity index (χ3v) is 8.07. The summed E-state index contributed by atoms with van der Waals surface area (Å²) in [4.78, 5) is 19.9. The lowest BCUT2D eigenvalue weighted by Gasteiger charge is -2.33. The second-order valence-electron chi connectivity index (χ2n) is 8.72. The number of aryl methyl sites for hydroxylation is 1. The second kappa shape index (κ2) is 9.08. The Balaban J connectivity index is 1.15. The molecule has 0 saturated carbocycles. The summed E-state index contributed by atoms with van der Waals surface area (Å²) < 4.78 is 26.8. The van der Waals surface area contributed by atoms with Crippen LogP contribution in [0.5, 0.6) is 0 Å². The van der Waals surface area contributed by atoms with Gasteiger partial charge in [0, 0.05) is 24.4 Å². The molecule has 2 aliphatic rings. The zero-order valence-electron chi connectivity index (χ0n) is 18.9. The highest BCUT2D eigenvalue weighted by atomic mass is 32.2. The van der Waals surface area contributed by atoms with E-state index in [0.717, 1.165) is 52.5 Å². The summed E-state index contributed by atoms with van der Waals surface area (Å²) in [7, 11) is -3.70. The summed E-state index contributed by atoms with van der Waals surface area (Å²) in [5, 5.41) is 3.97. The van der Waals surface area contributed by atoms with Gasteiger partial charge in [-0.25, -0.2) is 8.42 Å². The van der Waals surface area contributed by atoms with Crippen LogP contribution in [0, 0.1) is 12.8 Å². The molecule has 0 atom stereocenters. The molecule has 2 aliphatic heterocycles. The highest BCUT2D eigenvalue weighted by Gasteiger charge is 2.30. The van der Waals surface area contributed by atoms with Crippen molar-refractivity contribution in [3.8, 4) is 0 Å². The maximum absolute atomic E-state index is 12.8. The maximum Gasteiger partial charge on any atom is 0.260 e. The number of nitrogens with zero attached hydrogens (tertiary/aromatic N) is 3. The average molecular weight is 478 g/mol. The van der Waals surface area contributed by atoms with Crippen molar-refractivity contribution < 1.29 is 13.2 Å². The topological polar surface area (TPSA) is 94.6 Å². The molecule has 0 unspecified atom stereocenters. The van der Waals surface area contributed by atoms with E-state index in [1.54, 1.807) is 30.3 Å². The predicted octanol–water partition coefficient (Wildman–Crippen LogP) is 2.93. The zero-order chi connectivity index (χ0) is 23.7. The van der Waals surface area contributed by atoms with Crippen molar-refractivity contribution in [2.75, 3.05) is 24.5 Å². The van der Waals surface area contributed by atoms with Crippen molar-refractivity contribution in [1.29, 1.82) is 0 Å². The molecule has 1 saturated heterocycles. The van der Waals surface area contributed by atoms with Gasteiger partial charge in [-0.1, -0.05) is 35.9 Å². The summed E-state index contributed by atoms with van der Waals surface area (Å²) >= 11 is 0. The number of sulfonamides is 1. The number of anilines is 1. The molecule has 2 aromatic carbocycles. The molecule has 34 heavy (non-hydrogen) atoms. The van der Waals surface area contributed by atoms with Gasteiger partial charge in [0.05, 0.1) is 28.8 Å². The first-order valence-electron chi connectivity index (χ1n) is 11.4. The number of aromatic nitrogens is 1. The standard InChI is InChI=1S/C25H27N5O3S/c1-18-6-8-22(9-7-18)34(32,33)30-15-12-24(28-30)27-25(31)19-10-13-29(14-11-19)21-16-20-4-2-3-5-23(20)26-17-21/h2-9,12,16-17,19,28H,10-11,13-15H2,1H3,(H,27,31). The van der Waals surface area contributed by atoms with Crippen molar-refractivity contribution >= 4 is 32.5 Å². The van der Waals surface area contributed by atoms with Crippen molar-refractivity contribution in [1.82, 2.24) is 20.1 Å². The minimum Gasteiger partial charge on any atom is -0.370 e. The fraction of sp³-hybridized carbons (Fsp3) is 0.280. The number of carbonyl (C=O) groups excluding carboxylic acids is 1. The number of carbonyl (C=O) groups is 1. The van der Waals surface area contributed by atoms with Crippen molar-refractivity contribution in [3.05, 3.63) is 78.3 Å². The van der Waals surface area contributed by atoms with Crippen LogP contribution in [0.25, 0.3) is 10.9 Å². The Morgan fingerprint density at radius 2 is 1.82 bits per heavy atom. The largest absolute Gasteiger partial charge is 0.370 e. The van der Waals surface area contributed by atoms with Crippen LogP contribution in [0.15, 0.2) is 77.6 Å². The van der Waals surface area contributed by atoms with E-state index in [-0.39, 0.29) is 23.3 Å². The Kier molecular flexibility index (Phi) is 5.97. The van der Waals surface area contributed by atoms with Gasteiger partial charge >= 0.3 is 0 Å². The van der Waals surface area contributed by atoms with Crippen LogP contribution >= 0.6 is 0 Å². The molecule has 8 nitrogen and oxygen atoms in total. The van der Waals surface area contributed by atoms with Crippen LogP contribution in [0.4, 0.5) is 5.69 Å². The molecule has 1 amide bonds. The van der Waals surface area contributed by atoms with Gasteiger partial charge < -0.3 is 10.2 Å². The van der Waals surface area contributed by atoms with Crippen LogP contribution in [-0.4, -0.2) is 43.4 Å². The SMILES string of the molecule is Cc1ccc(S(=O)(=O)N2CC=C(NC(=O)C3CCN(c4cnc5ccccc5c4)CC3)N2)cc1. The lowest BCUT2D eigenvalue weighted by atomic mass is 9.95. The smallest absolute Gasteiger partial charge is 0.260 e. The van der Waals surface area contributed by atoms with Crippen molar-refractivity contribution in [2.24, 2.45) is 5.92 Å². The quantitative estimate of drug-likeness (QED) is 0.587. The van der Waals surface area contributed by atoms with Gasteiger partial charge in [0.2, 0.25) is 5.91 Å². The molecule has 5 rings (SSSR count). The van der Waals surface area contributed by atoms with Gasteiger partial charge in [0.25, 0.3) is 10.0 Å². The number of para-hydroxylation sites is 1. The number of nitrogens with one attached hydrogen (secondary N) is 2. The second-order valence-corrected chi connectivity index (χ2v) is 10.6. The lowest BCUT2D eigenvalue weighted by molar-refractivity contribution is -0.125. The lowest BCUT2D eigenvalue weighted by Crippen LogP contribution is -2.44. The fourth-order valence-corrected chi connectivity index (χ4v) is 5.57. The van der Waals surface area contributed by atoms with Gasteiger partial charge in [-0.2, -0.15) is 0 Å². The molecule has 176 valence electrons. The molecular weight excluding hydrogens is 450 g/mol. The van der Waals surface area contributed by atoms with Crippen LogP contribution in [0.2, 0.25) is 0 Å². The van der Waals surface area contributed by atoms with Gasteiger partial charge in [-0.3, -0.25) is 15.2 Å². The van der Waals surface area contributed by atoms with Crippen LogP contribution in [0.3, 0.4) is 0 Å². The third kappa shape index (κ3) is 4.49. The van der Waals surface area contributed by atoms with Crippen molar-refractivity contribution in [3.63, 3.8) is 0 Å². The molecule has 9 heteroatoms. The van der Waals surface area contributed by atoms with Crippen LogP contribution < -0.4 is 15.6 Å². The number of hydrogen-bond acceptors (Lipinski definition) is 6. The molecule has 0 aliphatic carbocycles. The van der Waals surface area contributed by atoms with E-state index in [9.17, 15) is 13.2 Å². The van der Waals surface area contributed by atoms with Crippen molar-refractivity contribution in [2.45, 2.75) is 24.7 Å². The molecule has 3 aromatic rings. The number of pyridine rings is 1. The first kappa shape index (κ1) is 22.4. The zero-order valence-corrected chi connectivity index (χ0v) is 19.8. The number of rotatable bonds is 5. The normalized spacial score (nSPS) is 17.4. The van der Waals surface area contributed by atoms with Gasteiger partial charge in [0.1, 0.15) is 5.82 Å². The Morgan fingerprint density at radius 3 is 2.59 bits per heavy atom. The molecule has 0 radical (unpaired) electrons. The van der Waals surface area contributed by atoms with Gasteiger partial charge in [-0.15, -0.1) is 4.41 Å². The van der Waals surface area contributed by atoms with E-state index in [2.05, 4.69) is 32.8 Å². The molecule has 0 bridgehead atoms. The number of hydrogen-bond donors (Lipinski definition) is 2. The number of amides is 1. The first-order chi connectivity index (χ1) is 16.4. The van der Waals surface area contributed by atoms with E-state index >= 15 is 0 Å². The van der Waals surface area contributed by atoms with Gasteiger partial charge in [-0.05, 0) is 50.1 Å². The Hall–Kier alpha value is -3.43. The molecule has 2 N–H and O–H groups in total. The number of piperidine rings is 1. The summed E-state index contributed by atoms with van der Waals surface area (Å²) in [6, 6.07) is 16.9. The van der Waals surface area contributed by atoms with Crippen LogP contribution in [0.1, 0.15) is 18.4 Å². The van der Waals surface area contributed by atoms with Gasteiger partial charge in [0.15, 0.2) is 0 Å². The first-order valence-corrected chi connectivity index (χ1v) is 12.8. The average Bonchev–Trinajstić information content (AvgIpc) is 3.33. The molecule has 0 spiro atoms. The van der Waals surface area contributed by atoms with E-state index in [1.165, 1.54) is 0 Å². The summed E-state index contributed by atoms with van der Waals surface area (Å²) in [6.45, 7) is 3.58.